The van der Waals surface area contributed by atoms with Gasteiger partial charge in [0, 0.05) is 11.1 Å². The molecule has 0 spiro atoms. The Hall–Kier alpha value is -2.00. The van der Waals surface area contributed by atoms with Crippen molar-refractivity contribution in [2.24, 2.45) is 0 Å². The first kappa shape index (κ1) is 14.0. The number of benzene rings is 2. The molecule has 2 aromatic carbocycles. The van der Waals surface area contributed by atoms with E-state index < -0.39 is 0 Å². The van der Waals surface area contributed by atoms with Crippen LogP contribution in [-0.4, -0.2) is 18.5 Å². The Labute approximate surface area is 129 Å². The van der Waals surface area contributed by atoms with Crippen molar-refractivity contribution in [3.05, 3.63) is 47.5 Å². The van der Waals surface area contributed by atoms with Gasteiger partial charge in [0.15, 0.2) is 0 Å². The van der Waals surface area contributed by atoms with Crippen molar-refractivity contribution in [3.63, 3.8) is 0 Å². The minimum absolute atomic E-state index is 0.0340. The quantitative estimate of drug-likeness (QED) is 0.902. The standard InChI is InChI=1S/C17H17ClN2O/c1-11(2)20-10-17(21)19-15-7-6-13(9-16(15)20)12-4-3-5-14(18)8-12/h3-9,11H,10H2,1-2H3,(H,19,21). The van der Waals surface area contributed by atoms with Crippen LogP contribution in [0.5, 0.6) is 0 Å². The second-order valence-corrected chi connectivity index (χ2v) is 5.95. The Balaban J connectivity index is 2.08. The topological polar surface area (TPSA) is 32.3 Å². The van der Waals surface area contributed by atoms with Gasteiger partial charge < -0.3 is 10.2 Å². The van der Waals surface area contributed by atoms with E-state index in [2.05, 4.69) is 30.1 Å². The number of anilines is 2. The SMILES string of the molecule is CC(C)N1CC(=O)Nc2ccc(-c3cccc(Cl)c3)cc21. The molecule has 4 heteroatoms. The summed E-state index contributed by atoms with van der Waals surface area (Å²) in [5.74, 6) is 0.0340. The fourth-order valence-electron chi connectivity index (χ4n) is 2.61. The second kappa shape index (κ2) is 5.41. The number of hydrogen-bond donors (Lipinski definition) is 1. The van der Waals surface area contributed by atoms with Crippen LogP contribution in [0.4, 0.5) is 11.4 Å². The van der Waals surface area contributed by atoms with Gasteiger partial charge in [-0.15, -0.1) is 0 Å². The number of halogens is 1. The van der Waals surface area contributed by atoms with Gasteiger partial charge in [-0.2, -0.15) is 0 Å². The Morgan fingerprint density at radius 3 is 2.62 bits per heavy atom. The van der Waals surface area contributed by atoms with Crippen LogP contribution in [0.2, 0.25) is 5.02 Å². The highest BCUT2D eigenvalue weighted by molar-refractivity contribution is 6.30. The van der Waals surface area contributed by atoms with Crippen LogP contribution in [-0.2, 0) is 4.79 Å². The largest absolute Gasteiger partial charge is 0.358 e. The molecular formula is C17H17ClN2O. The second-order valence-electron chi connectivity index (χ2n) is 5.51. The third-order valence-electron chi connectivity index (χ3n) is 3.68. The molecular weight excluding hydrogens is 284 g/mol. The molecule has 0 radical (unpaired) electrons. The molecule has 0 aromatic heterocycles. The summed E-state index contributed by atoms with van der Waals surface area (Å²) in [4.78, 5) is 13.9. The summed E-state index contributed by atoms with van der Waals surface area (Å²) in [6.07, 6.45) is 0. The average molecular weight is 301 g/mol. The Kier molecular flexibility index (Phi) is 3.60. The van der Waals surface area contributed by atoms with Gasteiger partial charge >= 0.3 is 0 Å². The van der Waals surface area contributed by atoms with Crippen LogP contribution in [0.25, 0.3) is 11.1 Å². The average Bonchev–Trinajstić information content (AvgIpc) is 2.45. The van der Waals surface area contributed by atoms with Crippen molar-refractivity contribution in [1.82, 2.24) is 0 Å². The highest BCUT2D eigenvalue weighted by Crippen LogP contribution is 2.35. The van der Waals surface area contributed by atoms with E-state index in [0.29, 0.717) is 6.54 Å². The molecule has 0 saturated heterocycles. The van der Waals surface area contributed by atoms with Gasteiger partial charge in [-0.3, -0.25) is 4.79 Å². The van der Waals surface area contributed by atoms with Gasteiger partial charge in [0.05, 0.1) is 17.9 Å². The fraction of sp³-hybridized carbons (Fsp3) is 0.235. The molecule has 0 bridgehead atoms. The molecule has 3 rings (SSSR count). The molecule has 1 aliphatic rings. The molecule has 108 valence electrons. The van der Waals surface area contributed by atoms with E-state index in [0.717, 1.165) is 27.5 Å². The number of fused-ring (bicyclic) bond motifs is 1. The molecule has 1 N–H and O–H groups in total. The molecule has 3 nitrogen and oxygen atoms in total. The Morgan fingerprint density at radius 2 is 1.90 bits per heavy atom. The first-order valence-electron chi connectivity index (χ1n) is 7.01. The lowest BCUT2D eigenvalue weighted by atomic mass is 10.0. The number of nitrogens with one attached hydrogen (secondary N) is 1. The van der Waals surface area contributed by atoms with Crippen LogP contribution >= 0.6 is 11.6 Å². The monoisotopic (exact) mass is 300 g/mol. The van der Waals surface area contributed by atoms with Crippen LogP contribution in [0.1, 0.15) is 13.8 Å². The van der Waals surface area contributed by atoms with E-state index in [1.54, 1.807) is 0 Å². The molecule has 0 unspecified atom stereocenters. The lowest BCUT2D eigenvalue weighted by molar-refractivity contribution is -0.115. The Bertz CT molecular complexity index is 697. The normalized spacial score (nSPS) is 14.1. The van der Waals surface area contributed by atoms with Crippen LogP contribution in [0.3, 0.4) is 0 Å². The van der Waals surface area contributed by atoms with Gasteiger partial charge in [-0.05, 0) is 49.2 Å². The summed E-state index contributed by atoms with van der Waals surface area (Å²) in [6.45, 7) is 4.58. The first-order valence-corrected chi connectivity index (χ1v) is 7.39. The van der Waals surface area contributed by atoms with E-state index in [-0.39, 0.29) is 11.9 Å². The number of nitrogens with zero attached hydrogens (tertiary/aromatic N) is 1. The van der Waals surface area contributed by atoms with Crippen molar-refractivity contribution in [2.45, 2.75) is 19.9 Å². The van der Waals surface area contributed by atoms with Crippen molar-refractivity contribution in [2.75, 3.05) is 16.8 Å². The summed E-state index contributed by atoms with van der Waals surface area (Å²) < 4.78 is 0. The van der Waals surface area contributed by atoms with E-state index in [9.17, 15) is 4.79 Å². The third kappa shape index (κ3) is 2.74. The zero-order valence-electron chi connectivity index (χ0n) is 12.1. The Morgan fingerprint density at radius 1 is 1.14 bits per heavy atom. The minimum atomic E-state index is 0.0340. The highest BCUT2D eigenvalue weighted by Gasteiger charge is 2.24. The van der Waals surface area contributed by atoms with Crippen LogP contribution in [0, 0.1) is 0 Å². The van der Waals surface area contributed by atoms with E-state index in [1.165, 1.54) is 0 Å². The maximum absolute atomic E-state index is 11.8. The number of hydrogen-bond acceptors (Lipinski definition) is 2. The van der Waals surface area contributed by atoms with E-state index in [1.807, 2.05) is 36.4 Å². The first-order chi connectivity index (χ1) is 10.0. The fourth-order valence-corrected chi connectivity index (χ4v) is 2.80. The molecule has 2 aromatic rings. The van der Waals surface area contributed by atoms with Crippen LogP contribution in [0.15, 0.2) is 42.5 Å². The molecule has 0 saturated carbocycles. The smallest absolute Gasteiger partial charge is 0.243 e. The molecule has 0 atom stereocenters. The summed E-state index contributed by atoms with van der Waals surface area (Å²) in [7, 11) is 0. The van der Waals surface area contributed by atoms with Crippen molar-refractivity contribution in [3.8, 4) is 11.1 Å². The number of rotatable bonds is 2. The highest BCUT2D eigenvalue weighted by atomic mass is 35.5. The molecule has 0 fully saturated rings. The third-order valence-corrected chi connectivity index (χ3v) is 3.91. The van der Waals surface area contributed by atoms with Gasteiger partial charge in [0.1, 0.15) is 0 Å². The molecule has 1 heterocycles. The van der Waals surface area contributed by atoms with Gasteiger partial charge in [0.25, 0.3) is 0 Å². The van der Waals surface area contributed by atoms with Crippen molar-refractivity contribution < 1.29 is 4.79 Å². The molecule has 0 aliphatic carbocycles. The summed E-state index contributed by atoms with van der Waals surface area (Å²) >= 11 is 6.07. The van der Waals surface area contributed by atoms with Gasteiger partial charge in [0.2, 0.25) is 5.91 Å². The maximum atomic E-state index is 11.8. The summed E-state index contributed by atoms with van der Waals surface area (Å²) in [5, 5.41) is 3.65. The van der Waals surface area contributed by atoms with E-state index >= 15 is 0 Å². The van der Waals surface area contributed by atoms with Crippen molar-refractivity contribution >= 4 is 28.9 Å². The molecule has 21 heavy (non-hydrogen) atoms. The van der Waals surface area contributed by atoms with Crippen LogP contribution < -0.4 is 10.2 Å². The molecule has 1 aliphatic heterocycles. The summed E-state index contributed by atoms with van der Waals surface area (Å²) in [6, 6.07) is 14.1. The zero-order chi connectivity index (χ0) is 15.0. The predicted molar refractivity (Wildman–Crippen MR) is 88.0 cm³/mol. The van der Waals surface area contributed by atoms with E-state index in [4.69, 9.17) is 11.6 Å². The number of carbonyl (C=O) groups is 1. The number of amides is 1. The van der Waals surface area contributed by atoms with Crippen molar-refractivity contribution in [1.29, 1.82) is 0 Å². The minimum Gasteiger partial charge on any atom is -0.358 e. The predicted octanol–water partition coefficient (Wildman–Crippen LogP) is 4.17. The number of carbonyl (C=O) groups excluding carboxylic acids is 1. The summed E-state index contributed by atoms with van der Waals surface area (Å²) in [5.41, 5.74) is 4.09. The lowest BCUT2D eigenvalue weighted by Crippen LogP contribution is -2.42. The van der Waals surface area contributed by atoms with Gasteiger partial charge in [-0.25, -0.2) is 0 Å². The zero-order valence-corrected chi connectivity index (χ0v) is 12.8. The maximum Gasteiger partial charge on any atom is 0.243 e. The van der Waals surface area contributed by atoms with Gasteiger partial charge in [-0.1, -0.05) is 29.8 Å². The lowest BCUT2D eigenvalue weighted by Gasteiger charge is -2.34. The molecule has 1 amide bonds.